The van der Waals surface area contributed by atoms with Gasteiger partial charge in [-0.2, -0.15) is 10.5 Å². The zero-order valence-electron chi connectivity index (χ0n) is 27.0. The van der Waals surface area contributed by atoms with Crippen LogP contribution in [0.25, 0.3) is 10.8 Å². The van der Waals surface area contributed by atoms with E-state index in [0.29, 0.717) is 81.8 Å². The summed E-state index contributed by atoms with van der Waals surface area (Å²) in [7, 11) is -1.99. The highest BCUT2D eigenvalue weighted by Gasteiger charge is 2.35. The molecule has 2 saturated heterocycles. The summed E-state index contributed by atoms with van der Waals surface area (Å²) in [6, 6.07) is 17.1. The van der Waals surface area contributed by atoms with Crippen LogP contribution in [-0.4, -0.2) is 101 Å². The fourth-order valence-electron chi connectivity index (χ4n) is 7.11. The van der Waals surface area contributed by atoms with E-state index < -0.39 is 9.52 Å². The van der Waals surface area contributed by atoms with Crippen LogP contribution < -0.4 is 14.5 Å². The van der Waals surface area contributed by atoms with Crippen molar-refractivity contribution < 1.29 is 13.7 Å². The second-order valence-electron chi connectivity index (χ2n) is 12.6. The molecule has 1 amide bonds. The van der Waals surface area contributed by atoms with Gasteiger partial charge in [0.25, 0.3) is 0 Å². The SMILES string of the molecule is C=CC(=O)N1CCN(c2c(C#N)c(OCCN3CCS(=C)(=O)CC3)nc3c2CCN(c2cccc4cccc(C)c24)C3)C[C@@H]1CC#N. The van der Waals surface area contributed by atoms with E-state index in [1.54, 1.807) is 4.90 Å². The number of aromatic nitrogens is 1. The molecule has 10 nitrogen and oxygen atoms in total. The minimum Gasteiger partial charge on any atom is -0.475 e. The summed E-state index contributed by atoms with van der Waals surface area (Å²) in [5.74, 6) is 5.12. The monoisotopic (exact) mass is 651 g/mol. The predicted octanol–water partition coefficient (Wildman–Crippen LogP) is 3.51. The quantitative estimate of drug-likeness (QED) is 0.267. The maximum Gasteiger partial charge on any atom is 0.246 e. The van der Waals surface area contributed by atoms with Gasteiger partial charge < -0.3 is 19.4 Å². The minimum atomic E-state index is -1.99. The van der Waals surface area contributed by atoms with E-state index in [-0.39, 0.29) is 18.4 Å². The van der Waals surface area contributed by atoms with Crippen LogP contribution in [0.2, 0.25) is 0 Å². The van der Waals surface area contributed by atoms with Crippen molar-refractivity contribution in [3.05, 3.63) is 71.4 Å². The molecule has 0 unspecified atom stereocenters. The van der Waals surface area contributed by atoms with Gasteiger partial charge in [-0.3, -0.25) is 13.9 Å². The van der Waals surface area contributed by atoms with Crippen molar-refractivity contribution in [2.24, 2.45) is 0 Å². The molecule has 2 fully saturated rings. The molecule has 1 aromatic heterocycles. The Labute approximate surface area is 277 Å². The maximum atomic E-state index is 12.6. The van der Waals surface area contributed by atoms with E-state index in [9.17, 15) is 19.5 Å². The number of piperazine rings is 1. The summed E-state index contributed by atoms with van der Waals surface area (Å²) in [4.78, 5) is 26.1. The first-order valence-corrected chi connectivity index (χ1v) is 18.2. The number of benzene rings is 2. The first kappa shape index (κ1) is 32.4. The topological polar surface area (TPSA) is 117 Å². The molecule has 0 radical (unpaired) electrons. The number of ether oxygens (including phenoxy) is 1. The van der Waals surface area contributed by atoms with Gasteiger partial charge in [0.2, 0.25) is 11.8 Å². The smallest absolute Gasteiger partial charge is 0.246 e. The summed E-state index contributed by atoms with van der Waals surface area (Å²) < 4.78 is 18.7. The van der Waals surface area contributed by atoms with Gasteiger partial charge in [-0.15, -0.1) is 0 Å². The van der Waals surface area contributed by atoms with Crippen molar-refractivity contribution in [3.8, 4) is 18.0 Å². The summed E-state index contributed by atoms with van der Waals surface area (Å²) in [5, 5.41) is 22.6. The van der Waals surface area contributed by atoms with Crippen molar-refractivity contribution in [2.45, 2.75) is 32.4 Å². The lowest BCUT2D eigenvalue weighted by molar-refractivity contribution is -0.128. The zero-order valence-corrected chi connectivity index (χ0v) is 27.8. The molecule has 1 atom stereocenters. The molecule has 11 heteroatoms. The van der Waals surface area contributed by atoms with Gasteiger partial charge in [0.1, 0.15) is 18.2 Å². The number of nitriles is 2. The summed E-state index contributed by atoms with van der Waals surface area (Å²) in [5.41, 5.74) is 5.43. The Balaban J connectivity index is 1.35. The molecule has 0 bridgehead atoms. The summed E-state index contributed by atoms with van der Waals surface area (Å²) in [6.45, 7) is 10.8. The van der Waals surface area contributed by atoms with Crippen molar-refractivity contribution >= 4 is 43.4 Å². The van der Waals surface area contributed by atoms with E-state index in [1.807, 2.05) is 0 Å². The van der Waals surface area contributed by atoms with Crippen LogP contribution in [0.4, 0.5) is 11.4 Å². The second-order valence-corrected chi connectivity index (χ2v) is 15.3. The van der Waals surface area contributed by atoms with E-state index in [2.05, 4.69) is 82.6 Å². The van der Waals surface area contributed by atoms with Crippen LogP contribution in [0.3, 0.4) is 0 Å². The molecule has 0 N–H and O–H groups in total. The number of hydrogen-bond donors (Lipinski definition) is 0. The molecule has 47 heavy (non-hydrogen) atoms. The molecule has 2 aromatic carbocycles. The van der Waals surface area contributed by atoms with E-state index in [4.69, 9.17) is 9.72 Å². The lowest BCUT2D eigenvalue weighted by Crippen LogP contribution is -2.55. The lowest BCUT2D eigenvalue weighted by atomic mass is 9.95. The first-order valence-electron chi connectivity index (χ1n) is 16.1. The van der Waals surface area contributed by atoms with Gasteiger partial charge in [0.05, 0.1) is 36.5 Å². The average molecular weight is 652 g/mol. The fourth-order valence-corrected chi connectivity index (χ4v) is 8.50. The van der Waals surface area contributed by atoms with E-state index in [1.165, 1.54) is 22.4 Å². The minimum absolute atomic E-state index is 0.179. The normalized spacial score (nSPS) is 19.5. The third-order valence-corrected chi connectivity index (χ3v) is 11.5. The maximum absolute atomic E-state index is 12.6. The third-order valence-electron chi connectivity index (χ3n) is 9.63. The van der Waals surface area contributed by atoms with Gasteiger partial charge in [-0.05, 0) is 51.8 Å². The number of aryl methyl sites for hydroxylation is 1. The number of amides is 1. The third kappa shape index (κ3) is 6.64. The molecular formula is C36H41N7O3S. The van der Waals surface area contributed by atoms with Crippen molar-refractivity contribution in [1.82, 2.24) is 14.8 Å². The number of nitrogens with zero attached hydrogens (tertiary/aromatic N) is 7. The van der Waals surface area contributed by atoms with Crippen LogP contribution in [0, 0.1) is 29.6 Å². The zero-order chi connectivity index (χ0) is 33.1. The summed E-state index contributed by atoms with van der Waals surface area (Å²) >= 11 is 0. The number of anilines is 2. The van der Waals surface area contributed by atoms with Crippen molar-refractivity contribution in [3.63, 3.8) is 0 Å². The molecule has 0 saturated carbocycles. The van der Waals surface area contributed by atoms with E-state index >= 15 is 0 Å². The Morgan fingerprint density at radius 2 is 1.87 bits per heavy atom. The van der Waals surface area contributed by atoms with Crippen LogP contribution in [0.15, 0.2) is 49.1 Å². The van der Waals surface area contributed by atoms with Crippen LogP contribution in [0.5, 0.6) is 5.88 Å². The molecule has 6 rings (SSSR count). The van der Waals surface area contributed by atoms with Gasteiger partial charge in [-0.25, -0.2) is 4.98 Å². The van der Waals surface area contributed by atoms with Crippen LogP contribution >= 0.6 is 0 Å². The van der Waals surface area contributed by atoms with Crippen molar-refractivity contribution in [2.75, 3.05) is 73.7 Å². The first-order chi connectivity index (χ1) is 22.7. The standard InChI is InChI=1S/C36H41N7O3S/c1-4-33(44)43-16-15-42(24-28(43)11-13-37)35-29-12-14-41(32-10-6-9-27-8-5-7-26(2)34(27)32)25-31(29)39-36(30(35)23-38)46-20-17-40-18-21-47(3,45)22-19-40/h4-10,28H,1,3,11-12,14-22,24-25H2,2H3/t28-/m0/s1. The van der Waals surface area contributed by atoms with Crippen LogP contribution in [-0.2, 0) is 27.3 Å². The Hall–Kier alpha value is -4.58. The summed E-state index contributed by atoms with van der Waals surface area (Å²) in [6.07, 6.45) is 2.16. The predicted molar refractivity (Wildman–Crippen MR) is 187 cm³/mol. The molecule has 244 valence electrons. The Morgan fingerprint density at radius 3 is 2.60 bits per heavy atom. The Kier molecular flexibility index (Phi) is 9.40. The number of rotatable bonds is 8. The van der Waals surface area contributed by atoms with Gasteiger partial charge in [0.15, 0.2) is 0 Å². The molecule has 3 aromatic rings. The highest BCUT2D eigenvalue weighted by atomic mass is 32.2. The molecular weight excluding hydrogens is 611 g/mol. The average Bonchev–Trinajstić information content (AvgIpc) is 3.07. The van der Waals surface area contributed by atoms with Crippen molar-refractivity contribution in [1.29, 1.82) is 10.5 Å². The molecule has 0 spiro atoms. The molecule has 0 aliphatic carbocycles. The number of carbonyl (C=O) groups excluding carboxylic acids is 1. The molecule has 3 aliphatic rings. The lowest BCUT2D eigenvalue weighted by Gasteiger charge is -2.43. The Bertz CT molecular complexity index is 1880. The van der Waals surface area contributed by atoms with Gasteiger partial charge >= 0.3 is 0 Å². The van der Waals surface area contributed by atoms with Crippen LogP contribution in [0.1, 0.15) is 28.8 Å². The number of pyridine rings is 1. The molecule has 4 heterocycles. The number of fused-ring (bicyclic) bond motifs is 2. The number of carbonyl (C=O) groups is 1. The number of hydrogen-bond acceptors (Lipinski definition) is 9. The highest BCUT2D eigenvalue weighted by molar-refractivity contribution is 8.00. The van der Waals surface area contributed by atoms with Gasteiger partial charge in [0, 0.05) is 74.0 Å². The Morgan fingerprint density at radius 1 is 1.11 bits per heavy atom. The fraction of sp³-hybridized carbons (Fsp3) is 0.417. The second kappa shape index (κ2) is 13.6. The largest absolute Gasteiger partial charge is 0.475 e. The van der Waals surface area contributed by atoms with Gasteiger partial charge in [-0.1, -0.05) is 36.9 Å². The highest BCUT2D eigenvalue weighted by Crippen LogP contribution is 2.40. The molecule has 3 aliphatic heterocycles. The van der Waals surface area contributed by atoms with E-state index in [0.717, 1.165) is 29.2 Å².